The highest BCUT2D eigenvalue weighted by Crippen LogP contribution is 2.34. The summed E-state index contributed by atoms with van der Waals surface area (Å²) >= 11 is 0. The minimum atomic E-state index is -4.61. The number of carbonyl (C=O) groups is 1. The van der Waals surface area contributed by atoms with Gasteiger partial charge in [-0.1, -0.05) is 12.2 Å². The Morgan fingerprint density at radius 3 is 2.78 bits per heavy atom. The number of allylic oxidation sites excluding steroid dienone is 2. The molecule has 0 unspecified atom stereocenters. The van der Waals surface area contributed by atoms with Crippen molar-refractivity contribution >= 4 is 23.4 Å². The van der Waals surface area contributed by atoms with Gasteiger partial charge >= 0.3 is 6.18 Å². The number of nitrogens with one attached hydrogen (secondary N) is 2. The zero-order chi connectivity index (χ0) is 26.6. The summed E-state index contributed by atoms with van der Waals surface area (Å²) in [5.74, 6) is -0.317. The average Bonchev–Trinajstić information content (AvgIpc) is 3.41. The lowest BCUT2D eigenvalue weighted by Gasteiger charge is -2.20. The number of likely N-dealkylation sites (tertiary alicyclic amines) is 1. The Labute approximate surface area is 214 Å². The number of carbonyl (C=O) groups excluding carboxylic acids is 1. The lowest BCUT2D eigenvalue weighted by atomic mass is 10.3. The van der Waals surface area contributed by atoms with Crippen LogP contribution in [0.2, 0.25) is 0 Å². The molecule has 4 heterocycles. The first-order valence-corrected chi connectivity index (χ1v) is 12.5. The second kappa shape index (κ2) is 11.3. The number of anilines is 3. The number of aromatic nitrogens is 4. The number of amides is 1. The van der Waals surface area contributed by atoms with E-state index < -0.39 is 11.7 Å². The third kappa shape index (κ3) is 6.68. The lowest BCUT2D eigenvalue weighted by molar-refractivity contribution is -0.137. The van der Waals surface area contributed by atoms with Crippen LogP contribution in [-0.2, 0) is 11.0 Å². The van der Waals surface area contributed by atoms with Crippen LogP contribution in [0, 0.1) is 6.92 Å². The number of rotatable bonds is 9. The molecule has 0 saturated carbocycles. The highest BCUT2D eigenvalue weighted by atomic mass is 19.4. The number of alkyl halides is 3. The fourth-order valence-corrected chi connectivity index (χ4v) is 4.41. The van der Waals surface area contributed by atoms with Crippen LogP contribution in [0.1, 0.15) is 50.4 Å². The first-order valence-electron chi connectivity index (χ1n) is 12.5. The third-order valence-electron chi connectivity index (χ3n) is 6.55. The molecule has 1 amide bonds. The molecule has 12 heteroatoms. The van der Waals surface area contributed by atoms with E-state index in [9.17, 15) is 18.0 Å². The van der Waals surface area contributed by atoms with E-state index in [2.05, 4.69) is 44.4 Å². The Bertz CT molecular complexity index is 1160. The van der Waals surface area contributed by atoms with Gasteiger partial charge in [0.25, 0.3) is 0 Å². The molecule has 2 aliphatic rings. The van der Waals surface area contributed by atoms with Crippen molar-refractivity contribution in [3.63, 3.8) is 0 Å². The zero-order valence-electron chi connectivity index (χ0n) is 21.3. The van der Waals surface area contributed by atoms with Gasteiger partial charge in [-0.25, -0.2) is 4.98 Å². The Hall–Kier alpha value is -3.41. The van der Waals surface area contributed by atoms with Crippen LogP contribution in [0.25, 0.3) is 0 Å². The molecule has 2 N–H and O–H groups in total. The summed E-state index contributed by atoms with van der Waals surface area (Å²) < 4.78 is 42.7. The molecule has 0 aromatic carbocycles. The van der Waals surface area contributed by atoms with E-state index >= 15 is 0 Å². The van der Waals surface area contributed by atoms with E-state index in [0.717, 1.165) is 25.7 Å². The first kappa shape index (κ1) is 26.6. The van der Waals surface area contributed by atoms with Gasteiger partial charge in [-0.2, -0.15) is 23.3 Å². The van der Waals surface area contributed by atoms with Gasteiger partial charge in [-0.15, -0.1) is 0 Å². The Morgan fingerprint density at radius 1 is 1.24 bits per heavy atom. The molecule has 2 aromatic heterocycles. The number of hydrogen-bond donors (Lipinski definition) is 2. The van der Waals surface area contributed by atoms with Gasteiger partial charge in [0.1, 0.15) is 11.4 Å². The van der Waals surface area contributed by atoms with Crippen molar-refractivity contribution in [1.82, 2.24) is 29.5 Å². The summed E-state index contributed by atoms with van der Waals surface area (Å²) in [7, 11) is 0. The van der Waals surface area contributed by atoms with E-state index in [1.165, 1.54) is 0 Å². The minimum Gasteiger partial charge on any atom is -0.369 e. The molecule has 200 valence electrons. The van der Waals surface area contributed by atoms with Crippen LogP contribution in [0.15, 0.2) is 36.8 Å². The van der Waals surface area contributed by atoms with Crippen LogP contribution in [0.4, 0.5) is 30.6 Å². The maximum Gasteiger partial charge on any atom is 0.421 e. The monoisotopic (exact) mass is 518 g/mol. The van der Waals surface area contributed by atoms with E-state index in [1.54, 1.807) is 29.3 Å². The van der Waals surface area contributed by atoms with Crippen molar-refractivity contribution in [3.05, 3.63) is 48.1 Å². The van der Waals surface area contributed by atoms with Crippen LogP contribution < -0.4 is 10.6 Å². The van der Waals surface area contributed by atoms with Crippen LogP contribution >= 0.6 is 0 Å². The molecule has 0 bridgehead atoms. The average molecular weight is 519 g/mol. The van der Waals surface area contributed by atoms with Crippen molar-refractivity contribution in [2.24, 2.45) is 0 Å². The van der Waals surface area contributed by atoms with Gasteiger partial charge in [0, 0.05) is 57.2 Å². The number of aryl methyl sites for hydroxylation is 1. The van der Waals surface area contributed by atoms with E-state index in [-0.39, 0.29) is 30.3 Å². The highest BCUT2D eigenvalue weighted by Gasteiger charge is 2.35. The van der Waals surface area contributed by atoms with E-state index in [0.29, 0.717) is 36.8 Å². The SMILES string of the molecule is Cc1nn([C@H]2CCN(C(C)C)C2)cc1Nc1ncc(C(F)(F)F)c(NCCCN2C=CC=CCC2=O)n1. The van der Waals surface area contributed by atoms with Crippen molar-refractivity contribution in [2.75, 3.05) is 36.8 Å². The summed E-state index contributed by atoms with van der Waals surface area (Å²) in [6, 6.07) is 0.702. The molecule has 0 radical (unpaired) electrons. The summed E-state index contributed by atoms with van der Waals surface area (Å²) in [6.07, 6.45) is 6.75. The zero-order valence-corrected chi connectivity index (χ0v) is 21.3. The predicted molar refractivity (Wildman–Crippen MR) is 135 cm³/mol. The van der Waals surface area contributed by atoms with Crippen molar-refractivity contribution in [3.8, 4) is 0 Å². The van der Waals surface area contributed by atoms with Gasteiger partial charge < -0.3 is 15.5 Å². The molecule has 2 aromatic rings. The summed E-state index contributed by atoms with van der Waals surface area (Å²) in [6.45, 7) is 8.66. The number of hydrogen-bond acceptors (Lipinski definition) is 7. The molecule has 0 aliphatic carbocycles. The molecule has 4 rings (SSSR count). The molecular weight excluding hydrogens is 485 g/mol. The first-order chi connectivity index (χ1) is 17.6. The van der Waals surface area contributed by atoms with Crippen molar-refractivity contribution in [2.45, 2.75) is 58.3 Å². The largest absolute Gasteiger partial charge is 0.421 e. The molecule has 9 nitrogen and oxygen atoms in total. The fourth-order valence-electron chi connectivity index (χ4n) is 4.41. The Balaban J connectivity index is 1.42. The number of halogens is 3. The molecular formula is C25H33F3N8O. The number of nitrogens with zero attached hydrogens (tertiary/aromatic N) is 6. The molecule has 0 spiro atoms. The van der Waals surface area contributed by atoms with Crippen molar-refractivity contribution in [1.29, 1.82) is 0 Å². The standard InChI is InChI=1S/C25H33F3N8O/c1-17(2)35-13-9-19(15-35)36-16-21(18(3)33-36)31-24-30-14-20(25(26,27)28)23(32-24)29-10-7-12-34-11-6-4-5-8-22(34)37/h4-6,11,14,16-17,19H,7-10,12-13,15H2,1-3H3,(H2,29,30,31,32)/t19-/m0/s1. The molecule has 2 aliphatic heterocycles. The Morgan fingerprint density at radius 2 is 2.05 bits per heavy atom. The van der Waals surface area contributed by atoms with Gasteiger partial charge in [0.2, 0.25) is 11.9 Å². The smallest absolute Gasteiger partial charge is 0.369 e. The van der Waals surface area contributed by atoms with E-state index in [1.807, 2.05) is 17.8 Å². The molecule has 37 heavy (non-hydrogen) atoms. The quantitative estimate of drug-likeness (QED) is 0.472. The summed E-state index contributed by atoms with van der Waals surface area (Å²) in [4.78, 5) is 24.0. The van der Waals surface area contributed by atoms with Gasteiger partial charge in [-0.05, 0) is 39.7 Å². The second-order valence-corrected chi connectivity index (χ2v) is 9.56. The normalized spacial score (nSPS) is 18.6. The highest BCUT2D eigenvalue weighted by molar-refractivity contribution is 5.79. The van der Waals surface area contributed by atoms with Crippen LogP contribution in [-0.4, -0.2) is 67.7 Å². The van der Waals surface area contributed by atoms with Crippen LogP contribution in [0.5, 0.6) is 0 Å². The fraction of sp³-hybridized carbons (Fsp3) is 0.520. The van der Waals surface area contributed by atoms with Gasteiger partial charge in [0.05, 0.1) is 17.4 Å². The maximum atomic E-state index is 13.6. The predicted octanol–water partition coefficient (Wildman–Crippen LogP) is 4.50. The summed E-state index contributed by atoms with van der Waals surface area (Å²) in [5.41, 5.74) is 0.416. The maximum absolute atomic E-state index is 13.6. The lowest BCUT2D eigenvalue weighted by Crippen LogP contribution is -2.28. The molecule has 1 fully saturated rings. The minimum absolute atomic E-state index is 0.0464. The second-order valence-electron chi connectivity index (χ2n) is 9.56. The van der Waals surface area contributed by atoms with Gasteiger partial charge in [0.15, 0.2) is 0 Å². The van der Waals surface area contributed by atoms with Gasteiger partial charge in [-0.3, -0.25) is 14.4 Å². The summed E-state index contributed by atoms with van der Waals surface area (Å²) in [5, 5.41) is 10.4. The third-order valence-corrected chi connectivity index (χ3v) is 6.55. The topological polar surface area (TPSA) is 91.2 Å². The molecule has 1 saturated heterocycles. The van der Waals surface area contributed by atoms with Crippen molar-refractivity contribution < 1.29 is 18.0 Å². The van der Waals surface area contributed by atoms with Crippen LogP contribution in [0.3, 0.4) is 0 Å². The Kier molecular flexibility index (Phi) is 8.16. The van der Waals surface area contributed by atoms with E-state index in [4.69, 9.17) is 0 Å². The molecule has 1 atom stereocenters.